The Bertz CT molecular complexity index is 581. The van der Waals surface area contributed by atoms with Gasteiger partial charge in [0, 0.05) is 0 Å². The standard InChI is InChI=1S/C28H43F.C2H6/c1-21-2-12-25(13-3-21)27-16-18-28(19-17-27)26-14-10-23(11-15-26)5-4-22-6-8-24(20-29)9-7-22;1-2/h6-9,21,23,25-28H,2-5,10-20H2,1H3;1-2H3. The van der Waals surface area contributed by atoms with E-state index >= 15 is 0 Å². The van der Waals surface area contributed by atoms with Gasteiger partial charge in [-0.25, -0.2) is 4.39 Å². The molecule has 0 aromatic heterocycles. The second kappa shape index (κ2) is 13.0. The first-order chi connectivity index (χ1) is 15.2. The zero-order valence-electron chi connectivity index (χ0n) is 20.8. The van der Waals surface area contributed by atoms with E-state index in [1.165, 1.54) is 82.6 Å². The molecule has 0 bridgehead atoms. The maximum absolute atomic E-state index is 12.7. The molecule has 0 amide bonds. The molecule has 0 nitrogen and oxygen atoms in total. The van der Waals surface area contributed by atoms with Crippen LogP contribution in [0.4, 0.5) is 4.39 Å². The molecule has 3 saturated carbocycles. The van der Waals surface area contributed by atoms with Crippen LogP contribution in [0.3, 0.4) is 0 Å². The molecule has 1 aromatic carbocycles. The SMILES string of the molecule is CC.CC1CCC(C2CCC(C3CCC(CCc4ccc(CF)cc4)CC3)CC2)CC1. The molecule has 1 aromatic rings. The normalized spacial score (nSPS) is 33.9. The molecule has 3 fully saturated rings. The van der Waals surface area contributed by atoms with E-state index in [0.29, 0.717) is 0 Å². The molecule has 0 radical (unpaired) electrons. The highest BCUT2D eigenvalue weighted by molar-refractivity contribution is 5.22. The molecule has 0 N–H and O–H groups in total. The molecule has 0 atom stereocenters. The summed E-state index contributed by atoms with van der Waals surface area (Å²) in [7, 11) is 0. The average molecular weight is 429 g/mol. The predicted octanol–water partition coefficient (Wildman–Crippen LogP) is 9.55. The van der Waals surface area contributed by atoms with Crippen molar-refractivity contribution in [3.8, 4) is 0 Å². The smallest absolute Gasteiger partial charge is 0.115 e. The Morgan fingerprint density at radius 3 is 1.45 bits per heavy atom. The van der Waals surface area contributed by atoms with Gasteiger partial charge in [0.1, 0.15) is 6.67 Å². The van der Waals surface area contributed by atoms with Crippen LogP contribution in [0.5, 0.6) is 0 Å². The molecule has 3 aliphatic carbocycles. The van der Waals surface area contributed by atoms with E-state index < -0.39 is 0 Å². The zero-order valence-corrected chi connectivity index (χ0v) is 20.8. The van der Waals surface area contributed by atoms with Gasteiger partial charge in [-0.1, -0.05) is 70.7 Å². The lowest BCUT2D eigenvalue weighted by Gasteiger charge is -2.41. The summed E-state index contributed by atoms with van der Waals surface area (Å²) in [5, 5.41) is 0. The van der Waals surface area contributed by atoms with Gasteiger partial charge >= 0.3 is 0 Å². The summed E-state index contributed by atoms with van der Waals surface area (Å²) >= 11 is 0. The third-order valence-corrected chi connectivity index (χ3v) is 9.12. The Hall–Kier alpha value is -0.850. The highest BCUT2D eigenvalue weighted by Crippen LogP contribution is 2.46. The number of aryl methyl sites for hydroxylation is 1. The van der Waals surface area contributed by atoms with Crippen LogP contribution in [0.15, 0.2) is 24.3 Å². The molecule has 0 aliphatic heterocycles. The summed E-state index contributed by atoms with van der Waals surface area (Å²) in [6.45, 7) is 6.11. The van der Waals surface area contributed by atoms with Crippen molar-refractivity contribution in [1.82, 2.24) is 0 Å². The van der Waals surface area contributed by atoms with E-state index in [-0.39, 0.29) is 6.67 Å². The summed E-state index contributed by atoms with van der Waals surface area (Å²) in [6, 6.07) is 8.17. The lowest BCUT2D eigenvalue weighted by atomic mass is 9.65. The van der Waals surface area contributed by atoms with Crippen LogP contribution < -0.4 is 0 Å². The van der Waals surface area contributed by atoms with E-state index in [1.54, 1.807) is 12.8 Å². The van der Waals surface area contributed by atoms with Crippen molar-refractivity contribution in [3.05, 3.63) is 35.4 Å². The Morgan fingerprint density at radius 1 is 0.613 bits per heavy atom. The van der Waals surface area contributed by atoms with E-state index in [1.807, 2.05) is 26.0 Å². The summed E-state index contributed by atoms with van der Waals surface area (Å²) in [5.74, 6) is 6.13. The van der Waals surface area contributed by atoms with Crippen molar-refractivity contribution in [2.45, 2.75) is 117 Å². The van der Waals surface area contributed by atoms with Crippen LogP contribution in [0, 0.1) is 35.5 Å². The van der Waals surface area contributed by atoms with Crippen LogP contribution in [0.2, 0.25) is 0 Å². The van der Waals surface area contributed by atoms with Crippen LogP contribution in [0.25, 0.3) is 0 Å². The molecule has 3 aliphatic rings. The molecular weight excluding hydrogens is 379 g/mol. The number of rotatable bonds is 6. The van der Waals surface area contributed by atoms with Crippen LogP contribution in [0.1, 0.15) is 115 Å². The fourth-order valence-electron chi connectivity index (χ4n) is 6.96. The first-order valence-corrected chi connectivity index (χ1v) is 13.8. The average Bonchev–Trinajstić information content (AvgIpc) is 2.85. The summed E-state index contributed by atoms with van der Waals surface area (Å²) in [5.41, 5.74) is 2.20. The highest BCUT2D eigenvalue weighted by atomic mass is 19.1. The van der Waals surface area contributed by atoms with Gasteiger partial charge in [-0.2, -0.15) is 0 Å². The molecule has 176 valence electrons. The summed E-state index contributed by atoms with van der Waals surface area (Å²) < 4.78 is 12.7. The van der Waals surface area contributed by atoms with Gasteiger partial charge in [0.2, 0.25) is 0 Å². The molecule has 0 spiro atoms. The van der Waals surface area contributed by atoms with Crippen LogP contribution in [-0.4, -0.2) is 0 Å². The predicted molar refractivity (Wildman–Crippen MR) is 133 cm³/mol. The maximum Gasteiger partial charge on any atom is 0.115 e. The third-order valence-electron chi connectivity index (χ3n) is 9.12. The Morgan fingerprint density at radius 2 is 1.00 bits per heavy atom. The fourth-order valence-corrected chi connectivity index (χ4v) is 6.96. The largest absolute Gasteiger partial charge is 0.246 e. The number of alkyl halides is 1. The summed E-state index contributed by atoms with van der Waals surface area (Å²) in [6.07, 6.45) is 20.6. The fraction of sp³-hybridized carbons (Fsp3) is 0.800. The second-order valence-corrected chi connectivity index (χ2v) is 11.0. The number of hydrogen-bond donors (Lipinski definition) is 0. The first-order valence-electron chi connectivity index (χ1n) is 13.8. The van der Waals surface area contributed by atoms with Crippen molar-refractivity contribution in [2.75, 3.05) is 0 Å². The molecule has 0 unspecified atom stereocenters. The lowest BCUT2D eigenvalue weighted by Crippen LogP contribution is -2.29. The van der Waals surface area contributed by atoms with Gasteiger partial charge in [0.05, 0.1) is 0 Å². The van der Waals surface area contributed by atoms with Crippen LogP contribution in [-0.2, 0) is 13.1 Å². The first kappa shape index (κ1) is 24.8. The third kappa shape index (κ3) is 7.33. The molecule has 1 heteroatoms. The van der Waals surface area contributed by atoms with E-state index in [9.17, 15) is 4.39 Å². The minimum absolute atomic E-state index is 0.341. The van der Waals surface area contributed by atoms with Gasteiger partial charge in [0.25, 0.3) is 0 Å². The molecule has 0 saturated heterocycles. The highest BCUT2D eigenvalue weighted by Gasteiger charge is 2.34. The Balaban J connectivity index is 0.00000132. The number of benzene rings is 1. The van der Waals surface area contributed by atoms with Crippen LogP contribution >= 0.6 is 0 Å². The van der Waals surface area contributed by atoms with Gasteiger partial charge in [0.15, 0.2) is 0 Å². The lowest BCUT2D eigenvalue weighted by molar-refractivity contribution is 0.105. The van der Waals surface area contributed by atoms with Crippen molar-refractivity contribution >= 4 is 0 Å². The molecule has 4 rings (SSSR count). The van der Waals surface area contributed by atoms with Gasteiger partial charge < -0.3 is 0 Å². The molecule has 31 heavy (non-hydrogen) atoms. The van der Waals surface area contributed by atoms with E-state index in [0.717, 1.165) is 41.1 Å². The van der Waals surface area contributed by atoms with E-state index in [2.05, 4.69) is 19.1 Å². The molecular formula is C30H49F. The number of hydrogen-bond acceptors (Lipinski definition) is 0. The quantitative estimate of drug-likeness (QED) is 0.423. The monoisotopic (exact) mass is 428 g/mol. The Kier molecular flexibility index (Phi) is 10.4. The van der Waals surface area contributed by atoms with Gasteiger partial charge in [-0.05, 0) is 111 Å². The van der Waals surface area contributed by atoms with Crippen molar-refractivity contribution in [3.63, 3.8) is 0 Å². The number of halogens is 1. The maximum atomic E-state index is 12.7. The van der Waals surface area contributed by atoms with E-state index in [4.69, 9.17) is 0 Å². The van der Waals surface area contributed by atoms with Gasteiger partial charge in [-0.15, -0.1) is 0 Å². The van der Waals surface area contributed by atoms with Crippen molar-refractivity contribution in [1.29, 1.82) is 0 Å². The summed E-state index contributed by atoms with van der Waals surface area (Å²) in [4.78, 5) is 0. The minimum atomic E-state index is -0.341. The Labute approximate surface area is 192 Å². The minimum Gasteiger partial charge on any atom is -0.246 e. The van der Waals surface area contributed by atoms with Gasteiger partial charge in [-0.3, -0.25) is 0 Å². The van der Waals surface area contributed by atoms with Crippen molar-refractivity contribution < 1.29 is 4.39 Å². The topological polar surface area (TPSA) is 0 Å². The second-order valence-electron chi connectivity index (χ2n) is 11.0. The molecule has 0 heterocycles. The van der Waals surface area contributed by atoms with Crippen molar-refractivity contribution in [2.24, 2.45) is 35.5 Å². The zero-order chi connectivity index (χ0) is 22.1.